The number of hydrogen-bond donors (Lipinski definition) is 0. The molecule has 0 fully saturated rings. The van der Waals surface area contributed by atoms with Gasteiger partial charge in [0.1, 0.15) is 6.61 Å². The monoisotopic (exact) mass is 897 g/mol. The number of carbonyl (C=O) groups excluding carboxylic acids is 2. The first-order chi connectivity index (χ1) is 31.6. The van der Waals surface area contributed by atoms with Crippen molar-refractivity contribution in [2.24, 2.45) is 0 Å². The minimum Gasteiger partial charge on any atom is -0.462 e. The van der Waals surface area contributed by atoms with Gasteiger partial charge in [0.2, 0.25) is 0 Å². The van der Waals surface area contributed by atoms with Crippen LogP contribution in [0.4, 0.5) is 0 Å². The first-order valence-electron chi connectivity index (χ1n) is 28.2. The number of unbranched alkanes of at least 4 members (excludes halogenated alkanes) is 33. The first-order valence-corrected chi connectivity index (χ1v) is 28.2. The Morgan fingerprint density at radius 2 is 0.656 bits per heavy atom. The van der Waals surface area contributed by atoms with Gasteiger partial charge in [-0.05, 0) is 89.9 Å². The maximum atomic E-state index is 12.8. The summed E-state index contributed by atoms with van der Waals surface area (Å²) in [5, 5.41) is 0. The maximum absolute atomic E-state index is 12.8. The Kier molecular flexibility index (Phi) is 53.3. The van der Waals surface area contributed by atoms with Crippen LogP contribution in [0.1, 0.15) is 290 Å². The van der Waals surface area contributed by atoms with Gasteiger partial charge in [0.05, 0.1) is 6.61 Å². The van der Waals surface area contributed by atoms with Crippen molar-refractivity contribution in [2.75, 3.05) is 19.8 Å². The fraction of sp³-hybridized carbons (Fsp3) is 0.831. The molecule has 0 radical (unpaired) electrons. The van der Waals surface area contributed by atoms with Crippen LogP contribution in [0.3, 0.4) is 0 Å². The van der Waals surface area contributed by atoms with E-state index in [0.717, 1.165) is 77.0 Å². The molecular weight excluding hydrogens is 789 g/mol. The topological polar surface area (TPSA) is 61.8 Å². The Balaban J connectivity index is 4.28. The van der Waals surface area contributed by atoms with Crippen LogP contribution in [0.2, 0.25) is 0 Å². The Hall–Kier alpha value is -2.14. The molecule has 0 heterocycles. The fourth-order valence-electron chi connectivity index (χ4n) is 8.07. The number of esters is 2. The third-order valence-electron chi connectivity index (χ3n) is 12.3. The lowest BCUT2D eigenvalue weighted by atomic mass is 10.0. The standard InChI is InChI=1S/C59H108O5/c1-4-7-10-13-16-19-22-25-28-30-32-34-37-40-43-46-49-52-58(60)63-56-57(55-62-54-51-48-45-42-39-36-33-29-26-23-20-17-14-11-8-5-2)64-59(61)53-50-47-44-41-38-35-31-27-24-21-18-15-12-9-6-3/h10,13,21-22,24-25,35,38,57H,4-9,11-12,14-20,23,26-34,36-37,39-56H2,1-3H3/b13-10+,24-21+,25-22+,38-35+. The third-order valence-corrected chi connectivity index (χ3v) is 12.3. The Morgan fingerprint density at radius 3 is 1.09 bits per heavy atom. The molecular formula is C59H108O5. The van der Waals surface area contributed by atoms with Gasteiger partial charge in [0.15, 0.2) is 6.10 Å². The quantitative estimate of drug-likeness (QED) is 0.0346. The van der Waals surface area contributed by atoms with Gasteiger partial charge >= 0.3 is 11.9 Å². The highest BCUT2D eigenvalue weighted by Crippen LogP contribution is 2.16. The zero-order chi connectivity index (χ0) is 46.3. The Bertz CT molecular complexity index is 1060. The van der Waals surface area contributed by atoms with Crippen LogP contribution in [0.15, 0.2) is 48.6 Å². The largest absolute Gasteiger partial charge is 0.462 e. The summed E-state index contributed by atoms with van der Waals surface area (Å²) in [5.74, 6) is -0.415. The van der Waals surface area contributed by atoms with E-state index in [1.54, 1.807) is 0 Å². The smallest absolute Gasteiger partial charge is 0.306 e. The molecule has 0 aliphatic heterocycles. The fourth-order valence-corrected chi connectivity index (χ4v) is 8.07. The van der Waals surface area contributed by atoms with Crippen LogP contribution in [-0.4, -0.2) is 37.9 Å². The molecule has 374 valence electrons. The van der Waals surface area contributed by atoms with E-state index in [1.165, 1.54) is 180 Å². The number of ether oxygens (including phenoxy) is 3. The number of hydrogen-bond acceptors (Lipinski definition) is 5. The van der Waals surface area contributed by atoms with E-state index >= 15 is 0 Å². The number of allylic oxidation sites excluding steroid dienone is 8. The molecule has 1 atom stereocenters. The van der Waals surface area contributed by atoms with E-state index in [9.17, 15) is 9.59 Å². The second-order valence-corrected chi connectivity index (χ2v) is 18.8. The summed E-state index contributed by atoms with van der Waals surface area (Å²) in [4.78, 5) is 25.5. The normalized spacial score (nSPS) is 12.5. The lowest BCUT2D eigenvalue weighted by Crippen LogP contribution is -2.30. The molecule has 5 heteroatoms. The third kappa shape index (κ3) is 52.5. The van der Waals surface area contributed by atoms with Crippen LogP contribution in [0.5, 0.6) is 0 Å². The summed E-state index contributed by atoms with van der Waals surface area (Å²) in [6.45, 7) is 7.78. The van der Waals surface area contributed by atoms with Gasteiger partial charge in [-0.2, -0.15) is 0 Å². The maximum Gasteiger partial charge on any atom is 0.306 e. The van der Waals surface area contributed by atoms with Crippen LogP contribution < -0.4 is 0 Å². The molecule has 0 aliphatic rings. The molecule has 0 aromatic rings. The van der Waals surface area contributed by atoms with E-state index in [1.807, 2.05) is 0 Å². The minimum absolute atomic E-state index is 0.0770. The van der Waals surface area contributed by atoms with Crippen molar-refractivity contribution in [1.29, 1.82) is 0 Å². The number of rotatable bonds is 52. The predicted molar refractivity (Wildman–Crippen MR) is 279 cm³/mol. The second-order valence-electron chi connectivity index (χ2n) is 18.8. The lowest BCUT2D eigenvalue weighted by molar-refractivity contribution is -0.163. The van der Waals surface area contributed by atoms with Gasteiger partial charge in [-0.15, -0.1) is 0 Å². The van der Waals surface area contributed by atoms with Crippen molar-refractivity contribution in [3.05, 3.63) is 48.6 Å². The zero-order valence-electron chi connectivity index (χ0n) is 43.1. The zero-order valence-corrected chi connectivity index (χ0v) is 43.1. The van der Waals surface area contributed by atoms with Crippen LogP contribution >= 0.6 is 0 Å². The van der Waals surface area contributed by atoms with Crippen molar-refractivity contribution in [3.63, 3.8) is 0 Å². The average Bonchev–Trinajstić information content (AvgIpc) is 3.30. The van der Waals surface area contributed by atoms with Crippen molar-refractivity contribution >= 4 is 11.9 Å². The minimum atomic E-state index is -0.547. The van der Waals surface area contributed by atoms with E-state index in [-0.39, 0.29) is 25.2 Å². The van der Waals surface area contributed by atoms with Crippen molar-refractivity contribution < 1.29 is 23.8 Å². The van der Waals surface area contributed by atoms with Gasteiger partial charge in [-0.25, -0.2) is 0 Å². The molecule has 0 spiro atoms. The van der Waals surface area contributed by atoms with Crippen molar-refractivity contribution in [2.45, 2.75) is 297 Å². The average molecular weight is 898 g/mol. The molecule has 64 heavy (non-hydrogen) atoms. The highest BCUT2D eigenvalue weighted by molar-refractivity contribution is 5.70. The molecule has 0 aromatic carbocycles. The van der Waals surface area contributed by atoms with Gasteiger partial charge in [-0.1, -0.05) is 236 Å². The van der Waals surface area contributed by atoms with Gasteiger partial charge in [0, 0.05) is 19.4 Å². The Labute approximate surface area is 399 Å². The molecule has 0 saturated heterocycles. The van der Waals surface area contributed by atoms with Gasteiger partial charge < -0.3 is 14.2 Å². The van der Waals surface area contributed by atoms with Crippen LogP contribution in [0, 0.1) is 0 Å². The summed E-state index contributed by atoms with van der Waals surface area (Å²) in [5.41, 5.74) is 0. The molecule has 0 aromatic heterocycles. The Morgan fingerprint density at radius 1 is 0.328 bits per heavy atom. The molecule has 0 N–H and O–H groups in total. The SMILES string of the molecule is CCC/C=C/CC/C=C/CCCCCCCCCCC(=O)OCC(COCCCCCCCCCCCCCCCCCC)OC(=O)CCCCC/C=C/CC/C=C/CCCCCC. The van der Waals surface area contributed by atoms with Gasteiger partial charge in [0.25, 0.3) is 0 Å². The lowest BCUT2D eigenvalue weighted by Gasteiger charge is -2.18. The van der Waals surface area contributed by atoms with E-state index in [0.29, 0.717) is 19.4 Å². The molecule has 5 nitrogen and oxygen atoms in total. The summed E-state index contributed by atoms with van der Waals surface area (Å²) in [6, 6.07) is 0. The van der Waals surface area contributed by atoms with Crippen molar-refractivity contribution in [1.82, 2.24) is 0 Å². The molecule has 1 unspecified atom stereocenters. The summed E-state index contributed by atoms with van der Waals surface area (Å²) < 4.78 is 17.5. The molecule has 0 amide bonds. The summed E-state index contributed by atoms with van der Waals surface area (Å²) >= 11 is 0. The van der Waals surface area contributed by atoms with Crippen LogP contribution in [0.25, 0.3) is 0 Å². The van der Waals surface area contributed by atoms with Gasteiger partial charge in [-0.3, -0.25) is 9.59 Å². The number of carbonyl (C=O) groups is 2. The van der Waals surface area contributed by atoms with E-state index in [4.69, 9.17) is 14.2 Å². The highest BCUT2D eigenvalue weighted by atomic mass is 16.6. The van der Waals surface area contributed by atoms with Crippen molar-refractivity contribution in [3.8, 4) is 0 Å². The van der Waals surface area contributed by atoms with Crippen LogP contribution in [-0.2, 0) is 23.8 Å². The predicted octanol–water partition coefficient (Wildman–Crippen LogP) is 19.1. The summed E-state index contributed by atoms with van der Waals surface area (Å²) in [7, 11) is 0. The molecule has 0 bridgehead atoms. The first kappa shape index (κ1) is 61.9. The molecule has 0 saturated carbocycles. The van der Waals surface area contributed by atoms with E-state index in [2.05, 4.69) is 69.4 Å². The highest BCUT2D eigenvalue weighted by Gasteiger charge is 2.17. The summed E-state index contributed by atoms with van der Waals surface area (Å²) in [6.07, 6.45) is 68.4. The second kappa shape index (κ2) is 55.2. The van der Waals surface area contributed by atoms with E-state index < -0.39 is 6.10 Å². The molecule has 0 rings (SSSR count). The molecule has 0 aliphatic carbocycles.